The molecule has 0 amide bonds. The van der Waals surface area contributed by atoms with Gasteiger partial charge in [0.2, 0.25) is 0 Å². The summed E-state index contributed by atoms with van der Waals surface area (Å²) in [6.45, 7) is 3.58. The molecular weight excluding hydrogens is 291 g/mol. The first kappa shape index (κ1) is 10.2. The van der Waals surface area contributed by atoms with E-state index < -0.39 is 0 Å². The van der Waals surface area contributed by atoms with Crippen LogP contribution >= 0.6 is 0 Å². The number of hydrogen-bond donors (Lipinski definition) is 0. The van der Waals surface area contributed by atoms with Gasteiger partial charge >= 0.3 is 94.8 Å². The van der Waals surface area contributed by atoms with E-state index in [4.69, 9.17) is 4.74 Å². The van der Waals surface area contributed by atoms with Crippen molar-refractivity contribution in [3.05, 3.63) is 21.9 Å². The molecule has 78 valence electrons. The number of anilines is 1. The number of halogens is 1. The fraction of sp³-hybridized carbons (Fsp3) is 0.500. The van der Waals surface area contributed by atoms with Crippen LogP contribution in [0.25, 0.3) is 0 Å². The number of nitrogens with zero attached hydrogens (tertiary/aromatic N) is 2. The number of rotatable bonds is 2. The standard InChI is InChI=1S/C10H14IN2O/c1-11-9-2-3-10(12-8-9)13-4-6-14-7-5-13/h2-3,8H,4-7H2,1H3/q-1. The van der Waals surface area contributed by atoms with Gasteiger partial charge in [-0.2, -0.15) is 0 Å². The molecule has 0 N–H and O–H groups in total. The zero-order valence-electron chi connectivity index (χ0n) is 8.24. The first-order valence-corrected chi connectivity index (χ1v) is 7.92. The quantitative estimate of drug-likeness (QED) is 0.458. The van der Waals surface area contributed by atoms with E-state index >= 15 is 0 Å². The molecule has 1 aromatic heterocycles. The molecule has 2 rings (SSSR count). The molecule has 0 unspecified atom stereocenters. The number of aromatic nitrogens is 1. The molecule has 4 heteroatoms. The Labute approximate surface area is 94.7 Å². The molecule has 0 bridgehead atoms. The summed E-state index contributed by atoms with van der Waals surface area (Å²) < 4.78 is 6.71. The summed E-state index contributed by atoms with van der Waals surface area (Å²) >= 11 is 0.172. The van der Waals surface area contributed by atoms with E-state index in [1.165, 1.54) is 3.57 Å². The fourth-order valence-corrected chi connectivity index (χ4v) is 2.42. The Kier molecular flexibility index (Phi) is 3.58. The predicted octanol–water partition coefficient (Wildman–Crippen LogP) is -2.19. The molecule has 0 atom stereocenters. The maximum atomic E-state index is 5.30. The number of hydrogen-bond acceptors (Lipinski definition) is 3. The Morgan fingerprint density at radius 1 is 1.36 bits per heavy atom. The minimum absolute atomic E-state index is 0.172. The SMILES string of the molecule is C[I-]c1ccc(N2CCOCC2)nc1. The predicted molar refractivity (Wildman–Crippen MR) is 51.9 cm³/mol. The summed E-state index contributed by atoms with van der Waals surface area (Å²) in [5.74, 6) is 1.09. The van der Waals surface area contributed by atoms with E-state index in [0.717, 1.165) is 32.1 Å². The Morgan fingerprint density at radius 2 is 2.14 bits per heavy atom. The number of alkyl halides is 1. The van der Waals surface area contributed by atoms with Gasteiger partial charge in [0.1, 0.15) is 0 Å². The Morgan fingerprint density at radius 3 is 2.71 bits per heavy atom. The molecule has 0 saturated carbocycles. The van der Waals surface area contributed by atoms with Gasteiger partial charge in [0.15, 0.2) is 0 Å². The molecule has 1 aromatic rings. The van der Waals surface area contributed by atoms with Gasteiger partial charge in [-0.25, -0.2) is 0 Å². The van der Waals surface area contributed by atoms with Gasteiger partial charge in [0.25, 0.3) is 0 Å². The molecule has 0 spiro atoms. The van der Waals surface area contributed by atoms with Crippen LogP contribution in [0.5, 0.6) is 0 Å². The Bertz CT molecular complexity index is 283. The Balaban J connectivity index is 2.07. The molecule has 1 aliphatic rings. The first-order valence-electron chi connectivity index (χ1n) is 4.68. The molecule has 1 saturated heterocycles. The molecule has 0 aliphatic carbocycles. The van der Waals surface area contributed by atoms with Gasteiger partial charge in [0.05, 0.1) is 0 Å². The number of morpholine rings is 1. The van der Waals surface area contributed by atoms with E-state index in [9.17, 15) is 0 Å². The van der Waals surface area contributed by atoms with Gasteiger partial charge in [-0.1, -0.05) is 0 Å². The van der Waals surface area contributed by atoms with Crippen LogP contribution in [0.2, 0.25) is 0 Å². The van der Waals surface area contributed by atoms with Crippen molar-refractivity contribution in [3.63, 3.8) is 0 Å². The molecule has 2 heterocycles. The van der Waals surface area contributed by atoms with Crippen LogP contribution in [-0.4, -0.2) is 36.2 Å². The molecule has 0 radical (unpaired) electrons. The summed E-state index contributed by atoms with van der Waals surface area (Å²) in [7, 11) is 0. The first-order chi connectivity index (χ1) is 6.90. The minimum atomic E-state index is 0.172. The molecule has 3 nitrogen and oxygen atoms in total. The van der Waals surface area contributed by atoms with Crippen molar-refractivity contribution in [1.29, 1.82) is 0 Å². The van der Waals surface area contributed by atoms with E-state index in [1.807, 2.05) is 6.20 Å². The van der Waals surface area contributed by atoms with Crippen molar-refractivity contribution in [2.45, 2.75) is 0 Å². The third kappa shape index (κ3) is 2.36. The van der Waals surface area contributed by atoms with Crippen molar-refractivity contribution in [3.8, 4) is 0 Å². The van der Waals surface area contributed by atoms with Gasteiger partial charge in [0, 0.05) is 0 Å². The molecular formula is C10H14IN2O-. The van der Waals surface area contributed by atoms with Gasteiger partial charge < -0.3 is 0 Å². The Hall–Kier alpha value is -0.360. The van der Waals surface area contributed by atoms with Crippen molar-refractivity contribution in [2.75, 3.05) is 36.1 Å². The van der Waals surface area contributed by atoms with E-state index in [0.29, 0.717) is 0 Å². The van der Waals surface area contributed by atoms with Crippen molar-refractivity contribution in [2.24, 2.45) is 0 Å². The molecule has 1 aliphatic heterocycles. The zero-order chi connectivity index (χ0) is 9.80. The van der Waals surface area contributed by atoms with Gasteiger partial charge in [-0.15, -0.1) is 0 Å². The van der Waals surface area contributed by atoms with Crippen LogP contribution in [0.1, 0.15) is 0 Å². The van der Waals surface area contributed by atoms with Crippen LogP contribution in [0.4, 0.5) is 5.82 Å². The third-order valence-electron chi connectivity index (χ3n) is 2.27. The van der Waals surface area contributed by atoms with Crippen molar-refractivity contribution < 1.29 is 25.9 Å². The molecule has 0 aromatic carbocycles. The fourth-order valence-electron chi connectivity index (χ4n) is 1.46. The van der Waals surface area contributed by atoms with Crippen LogP contribution in [0, 0.1) is 3.57 Å². The van der Waals surface area contributed by atoms with Crippen LogP contribution in [0.3, 0.4) is 0 Å². The normalized spacial score (nSPS) is 17.4. The maximum absolute atomic E-state index is 5.30. The average Bonchev–Trinajstić information content (AvgIpc) is 2.30. The topological polar surface area (TPSA) is 25.4 Å². The second-order valence-corrected chi connectivity index (χ2v) is 5.45. The van der Waals surface area contributed by atoms with Crippen LogP contribution in [-0.2, 0) is 4.74 Å². The summed E-state index contributed by atoms with van der Waals surface area (Å²) in [5, 5.41) is 0. The van der Waals surface area contributed by atoms with Gasteiger partial charge in [-0.05, 0) is 0 Å². The summed E-state index contributed by atoms with van der Waals surface area (Å²) in [6.07, 6.45) is 2.01. The average molecular weight is 305 g/mol. The van der Waals surface area contributed by atoms with E-state index in [-0.39, 0.29) is 21.2 Å². The van der Waals surface area contributed by atoms with E-state index in [2.05, 4.69) is 26.9 Å². The molecule has 1 fully saturated rings. The summed E-state index contributed by atoms with van der Waals surface area (Å²) in [6, 6.07) is 4.33. The second-order valence-electron chi connectivity index (χ2n) is 3.12. The number of pyridine rings is 1. The zero-order valence-corrected chi connectivity index (χ0v) is 10.4. The van der Waals surface area contributed by atoms with Crippen LogP contribution in [0.15, 0.2) is 18.3 Å². The van der Waals surface area contributed by atoms with Gasteiger partial charge in [-0.3, -0.25) is 0 Å². The van der Waals surface area contributed by atoms with Crippen LogP contribution < -0.4 is 26.1 Å². The van der Waals surface area contributed by atoms with E-state index in [1.54, 1.807) is 0 Å². The number of ether oxygens (including phenoxy) is 1. The van der Waals surface area contributed by atoms with Crippen molar-refractivity contribution >= 4 is 5.82 Å². The third-order valence-corrected chi connectivity index (χ3v) is 4.15. The summed E-state index contributed by atoms with van der Waals surface area (Å²) in [4.78, 5) is 9.00. The summed E-state index contributed by atoms with van der Waals surface area (Å²) in [5.41, 5.74) is 0. The molecule has 14 heavy (non-hydrogen) atoms. The van der Waals surface area contributed by atoms with Crippen molar-refractivity contribution in [1.82, 2.24) is 4.98 Å². The monoisotopic (exact) mass is 305 g/mol. The second kappa shape index (κ2) is 4.93.